The predicted octanol–water partition coefficient (Wildman–Crippen LogP) is 3.15. The molecule has 2 heteroatoms. The number of benzene rings is 1. The molecular weight excluding hydrogens is 201 g/mol. The zero-order chi connectivity index (χ0) is 11.2. The smallest absolute Gasteiger partial charge is 0.123 e. The van der Waals surface area contributed by atoms with E-state index in [0.717, 1.165) is 17.9 Å². The molecule has 0 unspecified atom stereocenters. The van der Waals surface area contributed by atoms with E-state index in [1.54, 1.807) is 12.1 Å². The van der Waals surface area contributed by atoms with Crippen molar-refractivity contribution in [3.63, 3.8) is 0 Å². The maximum atomic E-state index is 12.9. The lowest BCUT2D eigenvalue weighted by Crippen LogP contribution is -2.27. The van der Waals surface area contributed by atoms with Crippen molar-refractivity contribution in [3.05, 3.63) is 35.6 Å². The summed E-state index contributed by atoms with van der Waals surface area (Å²) >= 11 is 0. The van der Waals surface area contributed by atoms with Gasteiger partial charge in [-0.1, -0.05) is 18.6 Å². The minimum absolute atomic E-state index is 0.112. The van der Waals surface area contributed by atoms with Crippen molar-refractivity contribution in [2.45, 2.75) is 32.1 Å². The topological polar surface area (TPSA) is 12.0 Å². The highest BCUT2D eigenvalue weighted by molar-refractivity contribution is 5.16. The Morgan fingerprint density at radius 2 is 2.06 bits per heavy atom. The van der Waals surface area contributed by atoms with Gasteiger partial charge in [0.25, 0.3) is 0 Å². The van der Waals surface area contributed by atoms with Crippen molar-refractivity contribution in [3.8, 4) is 0 Å². The van der Waals surface area contributed by atoms with Gasteiger partial charge in [0.1, 0.15) is 5.82 Å². The Kier molecular flexibility index (Phi) is 4.34. The van der Waals surface area contributed by atoms with Crippen LogP contribution < -0.4 is 5.32 Å². The third-order valence-electron chi connectivity index (χ3n) is 3.43. The standard InChI is InChI=1S/C14H20FN/c15-14-6-2-5-13(11-14)4-1-3-12-7-9-16-10-8-12/h2,5-6,11-12,16H,1,3-4,7-10H2. The van der Waals surface area contributed by atoms with Gasteiger partial charge < -0.3 is 5.32 Å². The van der Waals surface area contributed by atoms with Crippen LogP contribution in [0, 0.1) is 11.7 Å². The highest BCUT2D eigenvalue weighted by atomic mass is 19.1. The van der Waals surface area contributed by atoms with Gasteiger partial charge in [0.05, 0.1) is 0 Å². The third kappa shape index (κ3) is 3.60. The summed E-state index contributed by atoms with van der Waals surface area (Å²) in [5.74, 6) is 0.772. The van der Waals surface area contributed by atoms with Crippen LogP contribution in [0.15, 0.2) is 24.3 Å². The van der Waals surface area contributed by atoms with E-state index in [1.165, 1.54) is 44.8 Å². The molecule has 1 fully saturated rings. The maximum absolute atomic E-state index is 12.9. The van der Waals surface area contributed by atoms with Gasteiger partial charge in [0.2, 0.25) is 0 Å². The molecule has 0 aromatic heterocycles. The molecule has 1 aromatic rings. The summed E-state index contributed by atoms with van der Waals surface area (Å²) in [4.78, 5) is 0. The van der Waals surface area contributed by atoms with Crippen molar-refractivity contribution in [1.82, 2.24) is 5.32 Å². The molecule has 0 amide bonds. The molecule has 1 heterocycles. The molecule has 0 aliphatic carbocycles. The SMILES string of the molecule is Fc1cccc(CCCC2CCNCC2)c1. The summed E-state index contributed by atoms with van der Waals surface area (Å²) in [5.41, 5.74) is 1.13. The van der Waals surface area contributed by atoms with E-state index in [1.807, 2.05) is 6.07 Å². The summed E-state index contributed by atoms with van der Waals surface area (Å²) in [7, 11) is 0. The molecule has 88 valence electrons. The second-order valence-corrected chi connectivity index (χ2v) is 4.72. The first-order valence-corrected chi connectivity index (χ1v) is 6.30. The Morgan fingerprint density at radius 3 is 2.81 bits per heavy atom. The first-order valence-electron chi connectivity index (χ1n) is 6.30. The summed E-state index contributed by atoms with van der Waals surface area (Å²) in [5, 5.41) is 3.38. The second kappa shape index (κ2) is 6.00. The number of rotatable bonds is 4. The van der Waals surface area contributed by atoms with Gasteiger partial charge in [-0.15, -0.1) is 0 Å². The molecule has 0 atom stereocenters. The molecule has 0 spiro atoms. The van der Waals surface area contributed by atoms with Crippen LogP contribution in [0.2, 0.25) is 0 Å². The van der Waals surface area contributed by atoms with Gasteiger partial charge in [-0.2, -0.15) is 0 Å². The number of nitrogens with one attached hydrogen (secondary N) is 1. The fourth-order valence-corrected chi connectivity index (χ4v) is 2.46. The highest BCUT2D eigenvalue weighted by Crippen LogP contribution is 2.19. The monoisotopic (exact) mass is 221 g/mol. The number of aryl methyl sites for hydroxylation is 1. The van der Waals surface area contributed by atoms with Crippen LogP contribution in [-0.2, 0) is 6.42 Å². The van der Waals surface area contributed by atoms with E-state index in [9.17, 15) is 4.39 Å². The number of hydrogen-bond acceptors (Lipinski definition) is 1. The quantitative estimate of drug-likeness (QED) is 0.823. The Bertz CT molecular complexity index is 318. The van der Waals surface area contributed by atoms with Crippen molar-refractivity contribution >= 4 is 0 Å². The Hall–Kier alpha value is -0.890. The van der Waals surface area contributed by atoms with Crippen LogP contribution in [0.4, 0.5) is 4.39 Å². The molecule has 0 bridgehead atoms. The van der Waals surface area contributed by atoms with Gasteiger partial charge in [-0.3, -0.25) is 0 Å². The normalized spacial score (nSPS) is 17.6. The van der Waals surface area contributed by atoms with Crippen LogP contribution in [0.25, 0.3) is 0 Å². The summed E-state index contributed by atoms with van der Waals surface area (Å²) in [6.07, 6.45) is 6.11. The summed E-state index contributed by atoms with van der Waals surface area (Å²) in [6.45, 7) is 2.34. The molecule has 1 aliphatic heterocycles. The van der Waals surface area contributed by atoms with Gasteiger partial charge in [0, 0.05) is 0 Å². The van der Waals surface area contributed by atoms with E-state index < -0.39 is 0 Å². The molecule has 1 N–H and O–H groups in total. The zero-order valence-corrected chi connectivity index (χ0v) is 9.71. The van der Waals surface area contributed by atoms with Gasteiger partial charge in [-0.05, 0) is 62.4 Å². The van der Waals surface area contributed by atoms with E-state index in [-0.39, 0.29) is 5.82 Å². The van der Waals surface area contributed by atoms with Gasteiger partial charge in [0.15, 0.2) is 0 Å². The maximum Gasteiger partial charge on any atom is 0.123 e. The number of halogens is 1. The average molecular weight is 221 g/mol. The molecular formula is C14H20FN. The van der Waals surface area contributed by atoms with Crippen LogP contribution in [0.3, 0.4) is 0 Å². The van der Waals surface area contributed by atoms with Crippen LogP contribution in [-0.4, -0.2) is 13.1 Å². The van der Waals surface area contributed by atoms with E-state index in [0.29, 0.717) is 0 Å². The largest absolute Gasteiger partial charge is 0.317 e. The molecule has 1 aliphatic rings. The molecule has 1 saturated heterocycles. The van der Waals surface area contributed by atoms with Crippen molar-refractivity contribution in [1.29, 1.82) is 0 Å². The summed E-state index contributed by atoms with van der Waals surface area (Å²) < 4.78 is 12.9. The fraction of sp³-hybridized carbons (Fsp3) is 0.571. The van der Waals surface area contributed by atoms with Gasteiger partial charge >= 0.3 is 0 Å². The Balaban J connectivity index is 1.71. The van der Waals surface area contributed by atoms with E-state index in [4.69, 9.17) is 0 Å². The fourth-order valence-electron chi connectivity index (χ4n) is 2.46. The van der Waals surface area contributed by atoms with Crippen LogP contribution in [0.5, 0.6) is 0 Å². The molecule has 1 nitrogen and oxygen atoms in total. The molecule has 1 aromatic carbocycles. The van der Waals surface area contributed by atoms with Crippen molar-refractivity contribution in [2.24, 2.45) is 5.92 Å². The first-order chi connectivity index (χ1) is 7.84. The van der Waals surface area contributed by atoms with Gasteiger partial charge in [-0.25, -0.2) is 4.39 Å². The molecule has 0 radical (unpaired) electrons. The van der Waals surface area contributed by atoms with Crippen LogP contribution >= 0.6 is 0 Å². The van der Waals surface area contributed by atoms with Crippen molar-refractivity contribution in [2.75, 3.05) is 13.1 Å². The molecule has 0 saturated carbocycles. The van der Waals surface area contributed by atoms with Crippen LogP contribution in [0.1, 0.15) is 31.2 Å². The van der Waals surface area contributed by atoms with E-state index >= 15 is 0 Å². The summed E-state index contributed by atoms with van der Waals surface area (Å²) in [6, 6.07) is 6.99. The predicted molar refractivity (Wildman–Crippen MR) is 64.9 cm³/mol. The lowest BCUT2D eigenvalue weighted by Gasteiger charge is -2.22. The minimum atomic E-state index is -0.112. The Labute approximate surface area is 97.1 Å². The number of hydrogen-bond donors (Lipinski definition) is 1. The average Bonchev–Trinajstić information content (AvgIpc) is 2.30. The molecule has 2 rings (SSSR count). The lowest BCUT2D eigenvalue weighted by atomic mass is 9.92. The zero-order valence-electron chi connectivity index (χ0n) is 9.71. The third-order valence-corrected chi connectivity index (χ3v) is 3.43. The van der Waals surface area contributed by atoms with E-state index in [2.05, 4.69) is 5.32 Å². The Morgan fingerprint density at radius 1 is 1.25 bits per heavy atom. The van der Waals surface area contributed by atoms with Crippen molar-refractivity contribution < 1.29 is 4.39 Å². The lowest BCUT2D eigenvalue weighted by molar-refractivity contribution is 0.347. The molecule has 16 heavy (non-hydrogen) atoms. The number of piperidine rings is 1. The second-order valence-electron chi connectivity index (χ2n) is 4.72. The minimum Gasteiger partial charge on any atom is -0.317 e. The first kappa shape index (κ1) is 11.6. The highest BCUT2D eigenvalue weighted by Gasteiger charge is 2.12.